The molecule has 0 aliphatic rings. The molecule has 25 heavy (non-hydrogen) atoms. The van der Waals surface area contributed by atoms with Gasteiger partial charge in [0.1, 0.15) is 11.3 Å². The fourth-order valence-corrected chi connectivity index (χ4v) is 3.42. The summed E-state index contributed by atoms with van der Waals surface area (Å²) in [5, 5.41) is 6.28. The first-order valence-corrected chi connectivity index (χ1v) is 8.30. The number of fused-ring (bicyclic) bond motifs is 3. The fraction of sp³-hybridized carbons (Fsp3) is 0.200. The van der Waals surface area contributed by atoms with E-state index in [0.29, 0.717) is 12.1 Å². The smallest absolute Gasteiger partial charge is 0.296 e. The van der Waals surface area contributed by atoms with Gasteiger partial charge in [-0.05, 0) is 43.7 Å². The lowest BCUT2D eigenvalue weighted by molar-refractivity contribution is 0.415. The summed E-state index contributed by atoms with van der Waals surface area (Å²) in [7, 11) is 1.64. The highest BCUT2D eigenvalue weighted by molar-refractivity contribution is 6.07. The number of hydrogen-bond donors (Lipinski definition) is 0. The minimum Gasteiger partial charge on any atom is -0.497 e. The van der Waals surface area contributed by atoms with E-state index in [-0.39, 0.29) is 5.56 Å². The number of methoxy groups -OCH3 is 1. The van der Waals surface area contributed by atoms with Gasteiger partial charge in [0.25, 0.3) is 5.56 Å². The number of ether oxygens (including phenoxy) is 1. The van der Waals surface area contributed by atoms with Gasteiger partial charge in [-0.1, -0.05) is 18.2 Å². The Morgan fingerprint density at radius 3 is 2.64 bits per heavy atom. The fourth-order valence-electron chi connectivity index (χ4n) is 3.42. The summed E-state index contributed by atoms with van der Waals surface area (Å²) in [5.41, 5.74) is 3.39. The Bertz CT molecular complexity index is 1150. The van der Waals surface area contributed by atoms with Crippen molar-refractivity contribution in [2.45, 2.75) is 20.4 Å². The monoisotopic (exact) mass is 333 g/mol. The average Bonchev–Trinajstić information content (AvgIpc) is 2.96. The number of aryl methyl sites for hydroxylation is 2. The zero-order valence-corrected chi connectivity index (χ0v) is 14.5. The van der Waals surface area contributed by atoms with Crippen molar-refractivity contribution in [2.24, 2.45) is 0 Å². The number of rotatable bonds is 3. The van der Waals surface area contributed by atoms with E-state index in [2.05, 4.69) is 5.10 Å². The Morgan fingerprint density at radius 2 is 1.92 bits per heavy atom. The van der Waals surface area contributed by atoms with Gasteiger partial charge in [0.15, 0.2) is 0 Å². The van der Waals surface area contributed by atoms with Crippen molar-refractivity contribution < 1.29 is 4.74 Å². The molecule has 5 heteroatoms. The van der Waals surface area contributed by atoms with Crippen molar-refractivity contribution in [2.75, 3.05) is 7.11 Å². The van der Waals surface area contributed by atoms with Gasteiger partial charge in [-0.2, -0.15) is 9.78 Å². The van der Waals surface area contributed by atoms with Gasteiger partial charge in [-0.3, -0.25) is 4.79 Å². The van der Waals surface area contributed by atoms with Gasteiger partial charge in [0.05, 0.1) is 19.0 Å². The molecule has 0 bridgehead atoms. The first-order valence-electron chi connectivity index (χ1n) is 8.30. The molecule has 0 saturated heterocycles. The molecule has 0 saturated carbocycles. The first kappa shape index (κ1) is 15.4. The molecule has 126 valence electrons. The van der Waals surface area contributed by atoms with Crippen LogP contribution in [0.1, 0.15) is 12.5 Å². The van der Waals surface area contributed by atoms with Crippen LogP contribution in [0.15, 0.2) is 53.5 Å². The van der Waals surface area contributed by atoms with Crippen LogP contribution in [-0.4, -0.2) is 21.5 Å². The molecule has 2 aromatic heterocycles. The third kappa shape index (κ3) is 2.23. The van der Waals surface area contributed by atoms with Crippen LogP contribution in [0.2, 0.25) is 0 Å². The third-order valence-corrected chi connectivity index (χ3v) is 4.67. The number of para-hydroxylation sites is 1. The molecule has 0 fully saturated rings. The lowest BCUT2D eigenvalue weighted by atomic mass is 10.2. The SMILES string of the molecule is CCn1c2ccc(OC)cc2c2cnn(-c3ccccc3C)c(=O)c21. The van der Waals surface area contributed by atoms with Crippen LogP contribution in [0.5, 0.6) is 5.75 Å². The number of benzene rings is 2. The molecule has 2 aromatic carbocycles. The minimum atomic E-state index is -0.108. The Balaban J connectivity index is 2.12. The zero-order chi connectivity index (χ0) is 17.6. The molecule has 2 heterocycles. The molecule has 0 atom stereocenters. The molecular weight excluding hydrogens is 314 g/mol. The van der Waals surface area contributed by atoms with E-state index in [4.69, 9.17) is 4.74 Å². The number of aromatic nitrogens is 3. The second-order valence-electron chi connectivity index (χ2n) is 6.04. The first-order chi connectivity index (χ1) is 12.2. The van der Waals surface area contributed by atoms with E-state index >= 15 is 0 Å². The van der Waals surface area contributed by atoms with Crippen LogP contribution in [-0.2, 0) is 6.54 Å². The van der Waals surface area contributed by atoms with Gasteiger partial charge in [0, 0.05) is 22.8 Å². The van der Waals surface area contributed by atoms with Gasteiger partial charge in [0.2, 0.25) is 0 Å². The Kier molecular flexibility index (Phi) is 3.57. The molecule has 4 aromatic rings. The highest BCUT2D eigenvalue weighted by Gasteiger charge is 2.17. The van der Waals surface area contributed by atoms with Crippen LogP contribution < -0.4 is 10.3 Å². The maximum Gasteiger partial charge on any atom is 0.296 e. The van der Waals surface area contributed by atoms with Gasteiger partial charge < -0.3 is 9.30 Å². The number of hydrogen-bond acceptors (Lipinski definition) is 3. The highest BCUT2D eigenvalue weighted by atomic mass is 16.5. The van der Waals surface area contributed by atoms with Crippen molar-refractivity contribution in [1.82, 2.24) is 14.3 Å². The lowest BCUT2D eigenvalue weighted by Crippen LogP contribution is -2.23. The summed E-state index contributed by atoms with van der Waals surface area (Å²) >= 11 is 0. The standard InChI is InChI=1S/C20H19N3O2/c1-4-22-18-10-9-14(25-3)11-15(18)16-12-21-23(20(24)19(16)22)17-8-6-5-7-13(17)2/h5-12H,4H2,1-3H3. The van der Waals surface area contributed by atoms with E-state index in [1.165, 1.54) is 4.68 Å². The highest BCUT2D eigenvalue weighted by Crippen LogP contribution is 2.30. The van der Waals surface area contributed by atoms with Crippen molar-refractivity contribution in [3.05, 3.63) is 64.6 Å². The summed E-state index contributed by atoms with van der Waals surface area (Å²) in [6.45, 7) is 4.73. The van der Waals surface area contributed by atoms with Gasteiger partial charge in [-0.25, -0.2) is 0 Å². The molecule has 0 spiro atoms. The summed E-state index contributed by atoms with van der Waals surface area (Å²) in [6, 6.07) is 13.6. The molecule has 0 amide bonds. The summed E-state index contributed by atoms with van der Waals surface area (Å²) in [4.78, 5) is 13.2. The predicted octanol–water partition coefficient (Wildman–Crippen LogP) is 3.68. The maximum absolute atomic E-state index is 13.2. The van der Waals surface area contributed by atoms with E-state index in [1.807, 2.05) is 60.9 Å². The zero-order valence-electron chi connectivity index (χ0n) is 14.5. The summed E-state index contributed by atoms with van der Waals surface area (Å²) in [6.07, 6.45) is 1.77. The second kappa shape index (κ2) is 5.77. The molecule has 4 rings (SSSR count). The molecular formula is C20H19N3O2. The molecule has 0 aliphatic heterocycles. The number of nitrogens with zero attached hydrogens (tertiary/aromatic N) is 3. The maximum atomic E-state index is 13.2. The van der Waals surface area contributed by atoms with Crippen molar-refractivity contribution in [1.29, 1.82) is 0 Å². The normalized spacial score (nSPS) is 11.3. The van der Waals surface area contributed by atoms with Crippen molar-refractivity contribution >= 4 is 21.8 Å². The lowest BCUT2D eigenvalue weighted by Gasteiger charge is -2.08. The van der Waals surface area contributed by atoms with E-state index in [0.717, 1.165) is 33.3 Å². The molecule has 0 N–H and O–H groups in total. The van der Waals surface area contributed by atoms with Crippen LogP contribution >= 0.6 is 0 Å². The van der Waals surface area contributed by atoms with E-state index < -0.39 is 0 Å². The summed E-state index contributed by atoms with van der Waals surface area (Å²) < 4.78 is 8.87. The van der Waals surface area contributed by atoms with Crippen LogP contribution in [0.3, 0.4) is 0 Å². The van der Waals surface area contributed by atoms with Crippen LogP contribution in [0.4, 0.5) is 0 Å². The predicted molar refractivity (Wildman–Crippen MR) is 99.8 cm³/mol. The molecule has 0 unspecified atom stereocenters. The third-order valence-electron chi connectivity index (χ3n) is 4.67. The van der Waals surface area contributed by atoms with E-state index in [1.54, 1.807) is 13.3 Å². The van der Waals surface area contributed by atoms with Gasteiger partial charge >= 0.3 is 0 Å². The largest absolute Gasteiger partial charge is 0.497 e. The Hall–Kier alpha value is -3.08. The molecule has 0 radical (unpaired) electrons. The average molecular weight is 333 g/mol. The van der Waals surface area contributed by atoms with Crippen LogP contribution in [0.25, 0.3) is 27.5 Å². The van der Waals surface area contributed by atoms with Gasteiger partial charge in [-0.15, -0.1) is 0 Å². The van der Waals surface area contributed by atoms with Crippen molar-refractivity contribution in [3.63, 3.8) is 0 Å². The minimum absolute atomic E-state index is 0.108. The second-order valence-corrected chi connectivity index (χ2v) is 6.04. The quantitative estimate of drug-likeness (QED) is 0.575. The molecule has 5 nitrogen and oxygen atoms in total. The summed E-state index contributed by atoms with van der Waals surface area (Å²) in [5.74, 6) is 0.769. The molecule has 0 aliphatic carbocycles. The Labute approximate surface area is 145 Å². The van der Waals surface area contributed by atoms with Crippen molar-refractivity contribution in [3.8, 4) is 11.4 Å². The van der Waals surface area contributed by atoms with Crippen LogP contribution in [0, 0.1) is 6.92 Å². The van der Waals surface area contributed by atoms with E-state index in [9.17, 15) is 4.79 Å². The topological polar surface area (TPSA) is 49.0 Å². The Morgan fingerprint density at radius 1 is 1.12 bits per heavy atom.